The molecule has 0 aliphatic rings. The molecular formula is C14H14N4OS. The number of benzene rings is 1. The van der Waals surface area contributed by atoms with E-state index in [1.165, 1.54) is 11.3 Å². The maximum atomic E-state index is 11.8. The molecule has 0 spiro atoms. The van der Waals surface area contributed by atoms with Gasteiger partial charge in [0.1, 0.15) is 0 Å². The number of anilines is 2. The smallest absolute Gasteiger partial charge is 0.320 e. The van der Waals surface area contributed by atoms with Gasteiger partial charge >= 0.3 is 6.03 Å². The van der Waals surface area contributed by atoms with E-state index in [0.29, 0.717) is 11.7 Å². The van der Waals surface area contributed by atoms with E-state index >= 15 is 0 Å². The van der Waals surface area contributed by atoms with Crippen LogP contribution in [0.3, 0.4) is 0 Å². The van der Waals surface area contributed by atoms with Crippen LogP contribution in [0.2, 0.25) is 0 Å². The van der Waals surface area contributed by atoms with Crippen molar-refractivity contribution in [3.63, 3.8) is 0 Å². The van der Waals surface area contributed by atoms with E-state index in [2.05, 4.69) is 27.5 Å². The summed E-state index contributed by atoms with van der Waals surface area (Å²) in [5, 5.41) is 5.91. The molecule has 4 N–H and O–H groups in total. The summed E-state index contributed by atoms with van der Waals surface area (Å²) in [5.41, 5.74) is 7.11. The van der Waals surface area contributed by atoms with Crippen LogP contribution in [0.1, 0.15) is 10.4 Å². The Morgan fingerprint density at radius 1 is 1.45 bits per heavy atom. The van der Waals surface area contributed by atoms with Crippen LogP contribution in [-0.2, 0) is 0 Å². The Bertz CT molecular complexity index is 669. The van der Waals surface area contributed by atoms with Gasteiger partial charge in [0.25, 0.3) is 0 Å². The van der Waals surface area contributed by atoms with Gasteiger partial charge in [0.05, 0.1) is 17.6 Å². The number of nitrogens with two attached hydrogens (primary N) is 1. The highest BCUT2D eigenvalue weighted by molar-refractivity contribution is 7.16. The van der Waals surface area contributed by atoms with Gasteiger partial charge in [0, 0.05) is 5.69 Å². The fourth-order valence-corrected chi connectivity index (χ4v) is 2.20. The van der Waals surface area contributed by atoms with Gasteiger partial charge < -0.3 is 11.1 Å². The van der Waals surface area contributed by atoms with E-state index in [0.717, 1.165) is 16.1 Å². The van der Waals surface area contributed by atoms with Crippen LogP contribution in [-0.4, -0.2) is 17.6 Å². The number of rotatable bonds is 2. The molecule has 102 valence electrons. The van der Waals surface area contributed by atoms with E-state index in [9.17, 15) is 4.79 Å². The number of amides is 2. The van der Waals surface area contributed by atoms with Gasteiger partial charge in [-0.15, -0.1) is 0 Å². The van der Waals surface area contributed by atoms with Crippen LogP contribution in [0.25, 0.3) is 0 Å². The van der Waals surface area contributed by atoms with Crippen LogP contribution in [0.15, 0.2) is 30.5 Å². The predicted molar refractivity (Wildman–Crippen MR) is 81.9 cm³/mol. The van der Waals surface area contributed by atoms with Crippen LogP contribution in [0.4, 0.5) is 15.6 Å². The van der Waals surface area contributed by atoms with Crippen LogP contribution in [0.5, 0.6) is 0 Å². The number of urea groups is 1. The van der Waals surface area contributed by atoms with Crippen molar-refractivity contribution in [2.75, 3.05) is 17.2 Å². The lowest BCUT2D eigenvalue weighted by Crippen LogP contribution is -2.19. The molecule has 1 aromatic heterocycles. The third-order valence-corrected chi connectivity index (χ3v) is 3.14. The molecule has 6 heteroatoms. The minimum absolute atomic E-state index is 0.300. The molecule has 0 saturated heterocycles. The van der Waals surface area contributed by atoms with Gasteiger partial charge in [-0.25, -0.2) is 9.78 Å². The second-order valence-corrected chi connectivity index (χ2v) is 5.01. The third-order valence-electron chi connectivity index (χ3n) is 2.32. The molecule has 0 aliphatic carbocycles. The molecule has 0 saturated carbocycles. The highest BCUT2D eigenvalue weighted by Gasteiger charge is 2.06. The van der Waals surface area contributed by atoms with Crippen LogP contribution in [0, 0.1) is 18.8 Å². The van der Waals surface area contributed by atoms with Gasteiger partial charge in [-0.1, -0.05) is 35.3 Å². The van der Waals surface area contributed by atoms with E-state index in [1.807, 2.05) is 31.2 Å². The summed E-state index contributed by atoms with van der Waals surface area (Å²) in [6, 6.07) is 7.23. The first-order valence-electron chi connectivity index (χ1n) is 5.97. The standard InChI is InChI=1S/C14H14N4OS/c1-10-4-2-5-11(8-10)17-13(19)18-14-16-9-12(20-14)6-3-7-15/h2,4-5,8-9H,7,15H2,1H3,(H2,16,17,18,19). The van der Waals surface area contributed by atoms with Crippen molar-refractivity contribution in [1.82, 2.24) is 4.98 Å². The van der Waals surface area contributed by atoms with Gasteiger partial charge in [-0.2, -0.15) is 0 Å². The second-order valence-electron chi connectivity index (χ2n) is 3.98. The Morgan fingerprint density at radius 3 is 3.05 bits per heavy atom. The molecule has 0 aliphatic heterocycles. The first kappa shape index (κ1) is 14.1. The number of aryl methyl sites for hydroxylation is 1. The van der Waals surface area contributed by atoms with Gasteiger partial charge in [0.2, 0.25) is 0 Å². The van der Waals surface area contributed by atoms with Crippen molar-refractivity contribution in [2.45, 2.75) is 6.92 Å². The fraction of sp³-hybridized carbons (Fsp3) is 0.143. The Hall–Kier alpha value is -2.36. The van der Waals surface area contributed by atoms with E-state index < -0.39 is 0 Å². The molecule has 0 radical (unpaired) electrons. The molecule has 1 aromatic carbocycles. The van der Waals surface area contributed by atoms with Gasteiger partial charge in [0.15, 0.2) is 5.13 Å². The number of nitrogens with zero attached hydrogens (tertiary/aromatic N) is 1. The molecule has 0 bridgehead atoms. The van der Waals surface area contributed by atoms with Crippen molar-refractivity contribution in [3.05, 3.63) is 40.9 Å². The number of nitrogens with one attached hydrogen (secondary N) is 2. The van der Waals surface area contributed by atoms with Crippen LogP contribution >= 0.6 is 11.3 Å². The molecular weight excluding hydrogens is 272 g/mol. The predicted octanol–water partition coefficient (Wildman–Crippen LogP) is 2.41. The molecule has 1 heterocycles. The second kappa shape index (κ2) is 6.70. The Balaban J connectivity index is 1.96. The summed E-state index contributed by atoms with van der Waals surface area (Å²) in [6.45, 7) is 2.26. The summed E-state index contributed by atoms with van der Waals surface area (Å²) >= 11 is 1.30. The Kier molecular flexibility index (Phi) is 4.71. The van der Waals surface area contributed by atoms with Gasteiger partial charge in [-0.3, -0.25) is 5.32 Å². The summed E-state index contributed by atoms with van der Waals surface area (Å²) in [4.78, 5) is 16.6. The van der Waals surface area contributed by atoms with Gasteiger partial charge in [-0.05, 0) is 24.6 Å². The first-order chi connectivity index (χ1) is 9.67. The Morgan fingerprint density at radius 2 is 2.30 bits per heavy atom. The fourth-order valence-electron chi connectivity index (χ4n) is 1.51. The zero-order chi connectivity index (χ0) is 14.4. The summed E-state index contributed by atoms with van der Waals surface area (Å²) in [5.74, 6) is 5.60. The lowest BCUT2D eigenvalue weighted by atomic mass is 10.2. The molecule has 5 nitrogen and oxygen atoms in total. The normalized spacial score (nSPS) is 9.50. The minimum atomic E-state index is -0.330. The maximum Gasteiger partial charge on any atom is 0.325 e. The van der Waals surface area contributed by atoms with Crippen molar-refractivity contribution >= 4 is 28.2 Å². The summed E-state index contributed by atoms with van der Waals surface area (Å²) in [6.07, 6.45) is 1.61. The molecule has 0 unspecified atom stereocenters. The number of hydrogen-bond donors (Lipinski definition) is 3. The molecule has 2 amide bonds. The lowest BCUT2D eigenvalue weighted by molar-refractivity contribution is 0.262. The summed E-state index contributed by atoms with van der Waals surface area (Å²) < 4.78 is 0. The highest BCUT2D eigenvalue weighted by Crippen LogP contribution is 2.17. The zero-order valence-corrected chi connectivity index (χ0v) is 11.8. The van der Waals surface area contributed by atoms with E-state index in [1.54, 1.807) is 6.20 Å². The lowest BCUT2D eigenvalue weighted by Gasteiger charge is -2.05. The Labute approximate surface area is 121 Å². The van der Waals surface area contributed by atoms with Crippen molar-refractivity contribution in [2.24, 2.45) is 5.73 Å². The molecule has 2 rings (SSSR count). The maximum absolute atomic E-state index is 11.8. The average molecular weight is 286 g/mol. The van der Waals surface area contributed by atoms with Crippen molar-refractivity contribution < 1.29 is 4.79 Å². The largest absolute Gasteiger partial charge is 0.325 e. The number of carbonyl (C=O) groups is 1. The average Bonchev–Trinajstić information content (AvgIpc) is 2.83. The molecule has 0 fully saturated rings. The zero-order valence-electron chi connectivity index (χ0n) is 10.9. The number of carbonyl (C=O) groups excluding carboxylic acids is 1. The first-order valence-corrected chi connectivity index (χ1v) is 6.78. The number of thiazole rings is 1. The molecule has 0 atom stereocenters. The highest BCUT2D eigenvalue weighted by atomic mass is 32.1. The topological polar surface area (TPSA) is 80.0 Å². The van der Waals surface area contributed by atoms with E-state index in [4.69, 9.17) is 5.73 Å². The van der Waals surface area contributed by atoms with Crippen molar-refractivity contribution in [3.8, 4) is 11.8 Å². The summed E-state index contributed by atoms with van der Waals surface area (Å²) in [7, 11) is 0. The number of aromatic nitrogens is 1. The quantitative estimate of drug-likeness (QED) is 0.742. The molecule has 2 aromatic rings. The number of hydrogen-bond acceptors (Lipinski definition) is 4. The van der Waals surface area contributed by atoms with E-state index in [-0.39, 0.29) is 6.03 Å². The van der Waals surface area contributed by atoms with Crippen molar-refractivity contribution in [1.29, 1.82) is 0 Å². The van der Waals surface area contributed by atoms with Crippen LogP contribution < -0.4 is 16.4 Å². The monoisotopic (exact) mass is 286 g/mol. The molecule has 20 heavy (non-hydrogen) atoms. The SMILES string of the molecule is Cc1cccc(NC(=O)Nc2ncc(C#CCN)s2)c1. The minimum Gasteiger partial charge on any atom is -0.320 e. The third kappa shape index (κ3) is 4.09.